The first-order chi connectivity index (χ1) is 20.5. The van der Waals surface area contributed by atoms with Crippen LogP contribution in [0.1, 0.15) is 106 Å². The lowest BCUT2D eigenvalue weighted by Crippen LogP contribution is -2.66. The summed E-state index contributed by atoms with van der Waals surface area (Å²) in [5, 5.41) is 51.7. The zero-order valence-corrected chi connectivity index (χ0v) is 28.0. The highest BCUT2D eigenvalue weighted by molar-refractivity contribution is 5.76. The number of carbonyl (C=O) groups is 1. The van der Waals surface area contributed by atoms with Gasteiger partial charge >= 0.3 is 5.97 Å². The smallest absolute Gasteiger partial charge is 0.310 e. The standard InChI is InChI=1S/C36H58O8/c1-19-10-15-36(31(41)42)17-16-34(6)21(26(36)20(19)2)8-9-24-33(5)13-12-25(32(3,4)23(33)11-14-35(24,34)7)44-30-29(40)28(39)27(38)22(18-37)43-30/h8,19-20,22-30,37-40H,9-18H2,1-7H3,(H,41,42)/t19-,20+,22-,23+,24-,25+,26?,27-,28+,29-,30+,33+,34-,35-,36+/m1/s1. The third-order valence-corrected chi connectivity index (χ3v) is 15.5. The number of ether oxygens (including phenoxy) is 2. The third-order valence-electron chi connectivity index (χ3n) is 15.5. The molecule has 8 nitrogen and oxygen atoms in total. The van der Waals surface area contributed by atoms with Gasteiger partial charge in [-0.1, -0.05) is 60.1 Å². The number of carboxylic acid groups (broad SMARTS) is 1. The van der Waals surface area contributed by atoms with Crippen LogP contribution in [-0.4, -0.2) is 74.9 Å². The van der Waals surface area contributed by atoms with Crippen LogP contribution < -0.4 is 0 Å². The molecule has 0 amide bonds. The van der Waals surface area contributed by atoms with Gasteiger partial charge in [0.1, 0.15) is 24.4 Å². The molecule has 0 aromatic carbocycles. The minimum atomic E-state index is -1.45. The maximum absolute atomic E-state index is 13.0. The van der Waals surface area contributed by atoms with Crippen molar-refractivity contribution in [2.45, 2.75) is 143 Å². The predicted molar refractivity (Wildman–Crippen MR) is 165 cm³/mol. The second-order valence-electron chi connectivity index (χ2n) is 17.3. The van der Waals surface area contributed by atoms with Gasteiger partial charge in [-0.05, 0) is 109 Å². The molecule has 5 N–H and O–H groups in total. The van der Waals surface area contributed by atoms with Gasteiger partial charge in [0.25, 0.3) is 0 Å². The Kier molecular flexibility index (Phi) is 8.03. The number of allylic oxidation sites excluding steroid dienone is 2. The Balaban J connectivity index is 1.30. The van der Waals surface area contributed by atoms with Crippen molar-refractivity contribution in [3.05, 3.63) is 11.6 Å². The number of rotatable bonds is 4. The van der Waals surface area contributed by atoms with Crippen LogP contribution in [0.5, 0.6) is 0 Å². The highest BCUT2D eigenvalue weighted by Gasteiger charge is 2.69. The topological polar surface area (TPSA) is 137 Å². The Labute approximate surface area is 263 Å². The van der Waals surface area contributed by atoms with Gasteiger partial charge in [0.2, 0.25) is 0 Å². The summed E-state index contributed by atoms with van der Waals surface area (Å²) in [4.78, 5) is 13.0. The van der Waals surface area contributed by atoms with E-state index < -0.39 is 48.7 Å². The molecule has 4 saturated carbocycles. The van der Waals surface area contributed by atoms with E-state index in [1.807, 2.05) is 0 Å². The first-order valence-corrected chi connectivity index (χ1v) is 17.4. The molecule has 1 aliphatic heterocycles. The van der Waals surface area contributed by atoms with E-state index in [0.717, 1.165) is 57.8 Å². The second kappa shape index (κ2) is 10.7. The highest BCUT2D eigenvalue weighted by atomic mass is 16.7. The molecular formula is C36H58O8. The molecule has 1 unspecified atom stereocenters. The number of fused-ring (bicyclic) bond motifs is 7. The van der Waals surface area contributed by atoms with Gasteiger partial charge in [0.15, 0.2) is 6.29 Å². The Morgan fingerprint density at radius 3 is 2.27 bits per heavy atom. The average Bonchev–Trinajstić information content (AvgIpc) is 2.96. The van der Waals surface area contributed by atoms with Crippen molar-refractivity contribution in [2.24, 2.45) is 56.7 Å². The summed E-state index contributed by atoms with van der Waals surface area (Å²) in [6.07, 6.45) is 4.29. The van der Waals surface area contributed by atoms with E-state index in [2.05, 4.69) is 54.5 Å². The zero-order chi connectivity index (χ0) is 32.2. The van der Waals surface area contributed by atoms with Crippen LogP contribution in [0.25, 0.3) is 0 Å². The summed E-state index contributed by atoms with van der Waals surface area (Å²) in [5.41, 5.74) is 0.662. The number of hydrogen-bond donors (Lipinski definition) is 5. The van der Waals surface area contributed by atoms with Crippen LogP contribution in [0.4, 0.5) is 0 Å². The maximum atomic E-state index is 13.0. The lowest BCUT2D eigenvalue weighted by molar-refractivity contribution is -0.330. The number of aliphatic carboxylic acids is 1. The molecule has 0 aromatic heterocycles. The van der Waals surface area contributed by atoms with E-state index in [-0.39, 0.29) is 33.7 Å². The molecule has 250 valence electrons. The first kappa shape index (κ1) is 32.9. The fourth-order valence-corrected chi connectivity index (χ4v) is 12.4. The molecule has 0 bridgehead atoms. The van der Waals surface area contributed by atoms with Crippen molar-refractivity contribution >= 4 is 5.97 Å². The zero-order valence-electron chi connectivity index (χ0n) is 28.0. The SMILES string of the molecule is C[C@@H]1CC[C@]2(C(=O)O)CC[C@]3(C)C(=CC[C@@H]4[C@@]5(C)CC[C@H](O[C@@H]6O[C@H](CO)[C@@H](O)[C@H](O)[C@H]6O)C(C)(C)[C@@H]5CC[C@]43C)C2[C@H]1C. The van der Waals surface area contributed by atoms with Crippen LogP contribution in [0.15, 0.2) is 11.6 Å². The maximum Gasteiger partial charge on any atom is 0.310 e. The predicted octanol–water partition coefficient (Wildman–Crippen LogP) is 4.91. The van der Waals surface area contributed by atoms with E-state index in [1.54, 1.807) is 0 Å². The van der Waals surface area contributed by atoms with Crippen LogP contribution >= 0.6 is 0 Å². The molecule has 1 saturated heterocycles. The van der Waals surface area contributed by atoms with E-state index >= 15 is 0 Å². The fourth-order valence-electron chi connectivity index (χ4n) is 12.4. The molecule has 15 atom stereocenters. The van der Waals surface area contributed by atoms with Crippen LogP contribution in [0, 0.1) is 56.7 Å². The number of aliphatic hydroxyl groups excluding tert-OH is 4. The summed E-state index contributed by atoms with van der Waals surface area (Å²) in [5.74, 6) is 1.21. The number of hydrogen-bond acceptors (Lipinski definition) is 7. The molecule has 6 aliphatic rings. The second-order valence-corrected chi connectivity index (χ2v) is 17.3. The average molecular weight is 619 g/mol. The van der Waals surface area contributed by atoms with Gasteiger partial charge < -0.3 is 35.0 Å². The van der Waals surface area contributed by atoms with Crippen molar-refractivity contribution in [3.8, 4) is 0 Å². The van der Waals surface area contributed by atoms with Crippen molar-refractivity contribution in [2.75, 3.05) is 6.61 Å². The Morgan fingerprint density at radius 2 is 1.61 bits per heavy atom. The molecule has 44 heavy (non-hydrogen) atoms. The monoisotopic (exact) mass is 618 g/mol. The lowest BCUT2D eigenvalue weighted by atomic mass is 9.33. The molecule has 0 radical (unpaired) electrons. The van der Waals surface area contributed by atoms with Crippen molar-refractivity contribution in [1.82, 2.24) is 0 Å². The first-order valence-electron chi connectivity index (χ1n) is 17.4. The van der Waals surface area contributed by atoms with E-state index in [1.165, 1.54) is 5.57 Å². The van der Waals surface area contributed by atoms with Crippen LogP contribution in [-0.2, 0) is 14.3 Å². The quantitative estimate of drug-likeness (QED) is 0.221. The third kappa shape index (κ3) is 4.26. The van der Waals surface area contributed by atoms with Gasteiger partial charge in [-0.15, -0.1) is 0 Å². The van der Waals surface area contributed by atoms with E-state index in [0.29, 0.717) is 23.7 Å². The van der Waals surface area contributed by atoms with Crippen molar-refractivity contribution in [1.29, 1.82) is 0 Å². The number of aliphatic hydroxyl groups is 4. The molecule has 8 heteroatoms. The summed E-state index contributed by atoms with van der Waals surface area (Å²) in [6.45, 7) is 16.2. The molecule has 6 rings (SSSR count). The normalized spacial score (nSPS) is 55.1. The van der Waals surface area contributed by atoms with Gasteiger partial charge in [0.05, 0.1) is 18.1 Å². The van der Waals surface area contributed by atoms with Crippen LogP contribution in [0.2, 0.25) is 0 Å². The summed E-state index contributed by atoms with van der Waals surface area (Å²) in [6, 6.07) is 0. The summed E-state index contributed by atoms with van der Waals surface area (Å²) in [7, 11) is 0. The van der Waals surface area contributed by atoms with Crippen molar-refractivity contribution in [3.63, 3.8) is 0 Å². The molecular weight excluding hydrogens is 560 g/mol. The highest BCUT2D eigenvalue weighted by Crippen LogP contribution is 2.76. The Morgan fingerprint density at radius 1 is 0.909 bits per heavy atom. The Bertz CT molecular complexity index is 1170. The van der Waals surface area contributed by atoms with E-state index in [4.69, 9.17) is 9.47 Å². The summed E-state index contributed by atoms with van der Waals surface area (Å²) < 4.78 is 12.2. The van der Waals surface area contributed by atoms with Crippen LogP contribution in [0.3, 0.4) is 0 Å². The van der Waals surface area contributed by atoms with Gasteiger partial charge in [-0.3, -0.25) is 4.79 Å². The molecule has 0 aromatic rings. The Hall–Kier alpha value is -1.03. The molecule has 0 spiro atoms. The van der Waals surface area contributed by atoms with Crippen molar-refractivity contribution < 1.29 is 39.8 Å². The minimum absolute atomic E-state index is 0.0351. The summed E-state index contributed by atoms with van der Waals surface area (Å²) >= 11 is 0. The largest absolute Gasteiger partial charge is 0.481 e. The van der Waals surface area contributed by atoms with Gasteiger partial charge in [-0.25, -0.2) is 0 Å². The van der Waals surface area contributed by atoms with E-state index in [9.17, 15) is 30.3 Å². The van der Waals surface area contributed by atoms with Gasteiger partial charge in [0, 0.05) is 0 Å². The fraction of sp³-hybridized carbons (Fsp3) is 0.917. The lowest BCUT2D eigenvalue weighted by Gasteiger charge is -2.71. The minimum Gasteiger partial charge on any atom is -0.481 e. The number of carboxylic acids is 1. The molecule has 5 aliphatic carbocycles. The molecule has 5 fully saturated rings. The van der Waals surface area contributed by atoms with Gasteiger partial charge in [-0.2, -0.15) is 0 Å². The molecule has 1 heterocycles.